The van der Waals surface area contributed by atoms with Gasteiger partial charge in [-0.25, -0.2) is 0 Å². The molecule has 0 saturated heterocycles. The zero-order valence-corrected chi connectivity index (χ0v) is 12.7. The lowest BCUT2D eigenvalue weighted by atomic mass is 9.98. The highest BCUT2D eigenvalue weighted by Crippen LogP contribution is 2.17. The van der Waals surface area contributed by atoms with Crippen LogP contribution in [-0.2, 0) is 4.79 Å². The molecule has 3 N–H and O–H groups in total. The molecule has 0 spiro atoms. The Balaban J connectivity index is 2.61. The summed E-state index contributed by atoms with van der Waals surface area (Å²) in [6.07, 6.45) is 0.904. The third-order valence-corrected chi connectivity index (χ3v) is 3.82. The highest BCUT2D eigenvalue weighted by atomic mass is 79.9. The highest BCUT2D eigenvalue weighted by molar-refractivity contribution is 9.10. The topological polar surface area (TPSA) is 55.1 Å². The van der Waals surface area contributed by atoms with E-state index < -0.39 is 6.04 Å². The van der Waals surface area contributed by atoms with Gasteiger partial charge in [0.05, 0.1) is 12.1 Å². The van der Waals surface area contributed by atoms with Crippen molar-refractivity contribution in [1.82, 2.24) is 5.32 Å². The van der Waals surface area contributed by atoms with E-state index in [1.165, 1.54) is 0 Å². The van der Waals surface area contributed by atoms with Gasteiger partial charge in [0, 0.05) is 4.47 Å². The molecule has 3 unspecified atom stereocenters. The van der Waals surface area contributed by atoms with Gasteiger partial charge in [-0.15, -0.1) is 0 Å². The predicted molar refractivity (Wildman–Crippen MR) is 78.1 cm³/mol. The number of rotatable bonds is 5. The molecule has 3 atom stereocenters. The molecule has 0 aliphatic heterocycles. The first-order chi connectivity index (χ1) is 8.45. The van der Waals surface area contributed by atoms with Gasteiger partial charge in [-0.2, -0.15) is 0 Å². The van der Waals surface area contributed by atoms with Crippen molar-refractivity contribution in [3.05, 3.63) is 34.3 Å². The Bertz CT molecular complexity index is 391. The lowest BCUT2D eigenvalue weighted by molar-refractivity contribution is -0.124. The van der Waals surface area contributed by atoms with Crippen molar-refractivity contribution >= 4 is 21.8 Å². The van der Waals surface area contributed by atoms with Crippen LogP contribution in [0.15, 0.2) is 28.7 Å². The third-order valence-electron chi connectivity index (χ3n) is 3.29. The SMILES string of the molecule is CCC(C)C(N)C(=O)NC(C)c1ccc(Br)cc1. The fraction of sp³-hybridized carbons (Fsp3) is 0.500. The van der Waals surface area contributed by atoms with Crippen LogP contribution in [0, 0.1) is 5.92 Å². The fourth-order valence-corrected chi connectivity index (χ4v) is 1.92. The maximum absolute atomic E-state index is 11.9. The van der Waals surface area contributed by atoms with Gasteiger partial charge in [0.25, 0.3) is 0 Å². The molecular weight excluding hydrogens is 292 g/mol. The Morgan fingerprint density at radius 3 is 2.39 bits per heavy atom. The first kappa shape index (κ1) is 15.2. The number of nitrogens with one attached hydrogen (secondary N) is 1. The maximum atomic E-state index is 11.9. The van der Waals surface area contributed by atoms with Crippen LogP contribution in [0.4, 0.5) is 0 Å². The zero-order chi connectivity index (χ0) is 13.7. The summed E-state index contributed by atoms with van der Waals surface area (Å²) in [5.41, 5.74) is 6.97. The Hall–Kier alpha value is -0.870. The van der Waals surface area contributed by atoms with Crippen molar-refractivity contribution < 1.29 is 4.79 Å². The smallest absolute Gasteiger partial charge is 0.237 e. The van der Waals surface area contributed by atoms with Gasteiger partial charge in [-0.3, -0.25) is 4.79 Å². The molecule has 0 bridgehead atoms. The molecule has 0 heterocycles. The van der Waals surface area contributed by atoms with E-state index in [0.29, 0.717) is 0 Å². The maximum Gasteiger partial charge on any atom is 0.237 e. The standard InChI is InChI=1S/C14H21BrN2O/c1-4-9(2)13(16)14(18)17-10(3)11-5-7-12(15)8-6-11/h5-10,13H,4,16H2,1-3H3,(H,17,18). The number of benzene rings is 1. The van der Waals surface area contributed by atoms with E-state index in [9.17, 15) is 4.79 Å². The minimum atomic E-state index is -0.437. The van der Waals surface area contributed by atoms with Crippen molar-refractivity contribution in [1.29, 1.82) is 0 Å². The van der Waals surface area contributed by atoms with Gasteiger partial charge in [0.15, 0.2) is 0 Å². The summed E-state index contributed by atoms with van der Waals surface area (Å²) < 4.78 is 1.03. The number of carbonyl (C=O) groups excluding carboxylic acids is 1. The third kappa shape index (κ3) is 4.10. The summed E-state index contributed by atoms with van der Waals surface area (Å²) in [5, 5.41) is 2.95. The van der Waals surface area contributed by atoms with Gasteiger partial charge in [-0.1, -0.05) is 48.3 Å². The van der Waals surface area contributed by atoms with E-state index in [1.54, 1.807) is 0 Å². The fourth-order valence-electron chi connectivity index (χ4n) is 1.66. The molecule has 0 aliphatic carbocycles. The van der Waals surface area contributed by atoms with Crippen molar-refractivity contribution in [3.63, 3.8) is 0 Å². The molecule has 3 nitrogen and oxygen atoms in total. The van der Waals surface area contributed by atoms with Crippen LogP contribution < -0.4 is 11.1 Å². The molecule has 1 rings (SSSR count). The quantitative estimate of drug-likeness (QED) is 0.878. The number of amides is 1. The second kappa shape index (κ2) is 6.90. The van der Waals surface area contributed by atoms with Crippen molar-refractivity contribution in [2.45, 2.75) is 39.3 Å². The summed E-state index contributed by atoms with van der Waals surface area (Å²) in [4.78, 5) is 11.9. The molecule has 0 aliphatic rings. The molecule has 0 fully saturated rings. The van der Waals surface area contributed by atoms with Crippen LogP contribution >= 0.6 is 15.9 Å². The van der Waals surface area contributed by atoms with E-state index >= 15 is 0 Å². The van der Waals surface area contributed by atoms with E-state index in [0.717, 1.165) is 16.5 Å². The molecule has 0 saturated carbocycles. The molecule has 18 heavy (non-hydrogen) atoms. The summed E-state index contributed by atoms with van der Waals surface area (Å²) in [7, 11) is 0. The van der Waals surface area contributed by atoms with Gasteiger partial charge >= 0.3 is 0 Å². The highest BCUT2D eigenvalue weighted by Gasteiger charge is 2.21. The molecule has 1 amide bonds. The Morgan fingerprint density at radius 2 is 1.89 bits per heavy atom. The van der Waals surface area contributed by atoms with E-state index in [4.69, 9.17) is 5.73 Å². The minimum Gasteiger partial charge on any atom is -0.348 e. The van der Waals surface area contributed by atoms with Gasteiger partial charge < -0.3 is 11.1 Å². The zero-order valence-electron chi connectivity index (χ0n) is 11.1. The Morgan fingerprint density at radius 1 is 1.33 bits per heavy atom. The average molecular weight is 313 g/mol. The molecule has 0 radical (unpaired) electrons. The van der Waals surface area contributed by atoms with Crippen molar-refractivity contribution in [2.24, 2.45) is 11.7 Å². The summed E-state index contributed by atoms with van der Waals surface area (Å²) in [6.45, 7) is 6.00. The van der Waals surface area contributed by atoms with Crippen LogP contribution in [-0.4, -0.2) is 11.9 Å². The van der Waals surface area contributed by atoms with Gasteiger partial charge in [0.1, 0.15) is 0 Å². The molecule has 0 aromatic heterocycles. The van der Waals surface area contributed by atoms with E-state index in [-0.39, 0.29) is 17.9 Å². The molecular formula is C14H21BrN2O. The number of nitrogens with two attached hydrogens (primary N) is 1. The van der Waals surface area contributed by atoms with E-state index in [2.05, 4.69) is 21.2 Å². The molecule has 100 valence electrons. The van der Waals surface area contributed by atoms with Crippen LogP contribution in [0.2, 0.25) is 0 Å². The lowest BCUT2D eigenvalue weighted by Crippen LogP contribution is -2.45. The first-order valence-electron chi connectivity index (χ1n) is 6.27. The largest absolute Gasteiger partial charge is 0.348 e. The number of carbonyl (C=O) groups is 1. The van der Waals surface area contributed by atoms with Crippen LogP contribution in [0.5, 0.6) is 0 Å². The van der Waals surface area contributed by atoms with Crippen LogP contribution in [0.1, 0.15) is 38.8 Å². The van der Waals surface area contributed by atoms with E-state index in [1.807, 2.05) is 45.0 Å². The molecule has 1 aromatic carbocycles. The van der Waals surface area contributed by atoms with Gasteiger partial charge in [-0.05, 0) is 30.5 Å². The number of hydrogen-bond acceptors (Lipinski definition) is 2. The second-order valence-corrected chi connectivity index (χ2v) is 5.61. The van der Waals surface area contributed by atoms with Gasteiger partial charge in [0.2, 0.25) is 5.91 Å². The number of halogens is 1. The number of hydrogen-bond donors (Lipinski definition) is 2. The molecule has 4 heteroatoms. The predicted octanol–water partition coefficient (Wildman–Crippen LogP) is 3.00. The molecule has 1 aromatic rings. The van der Waals surface area contributed by atoms with Crippen molar-refractivity contribution in [2.75, 3.05) is 0 Å². The summed E-state index contributed by atoms with van der Waals surface area (Å²) in [6, 6.07) is 7.45. The lowest BCUT2D eigenvalue weighted by Gasteiger charge is -2.21. The first-order valence-corrected chi connectivity index (χ1v) is 7.06. The summed E-state index contributed by atoms with van der Waals surface area (Å²) >= 11 is 3.39. The van der Waals surface area contributed by atoms with Crippen molar-refractivity contribution in [3.8, 4) is 0 Å². The van der Waals surface area contributed by atoms with Crippen LogP contribution in [0.3, 0.4) is 0 Å². The Kier molecular flexibility index (Phi) is 5.82. The summed E-state index contributed by atoms with van der Waals surface area (Å²) in [5.74, 6) is 0.113. The minimum absolute atomic E-state index is 0.0271. The van der Waals surface area contributed by atoms with Crippen LogP contribution in [0.25, 0.3) is 0 Å². The normalized spacial score (nSPS) is 15.8. The monoisotopic (exact) mass is 312 g/mol. The Labute approximate surface area is 117 Å². The second-order valence-electron chi connectivity index (χ2n) is 4.69. The average Bonchev–Trinajstić information content (AvgIpc) is 2.37.